The number of rotatable bonds is 9. The summed E-state index contributed by atoms with van der Waals surface area (Å²) in [4.78, 5) is 14.0. The molecule has 0 bridgehead atoms. The Kier molecular flexibility index (Phi) is 6.73. The third-order valence-electron chi connectivity index (χ3n) is 3.66. The third kappa shape index (κ3) is 6.51. The molecule has 0 aliphatic rings. The Balaban J connectivity index is 1.39. The Morgan fingerprint density at radius 1 is 1.03 bits per heavy atom. The molecule has 0 radical (unpaired) electrons. The lowest BCUT2D eigenvalue weighted by atomic mass is 10.2. The first-order chi connectivity index (χ1) is 13.9. The molecule has 0 aliphatic carbocycles. The number of pyridine rings is 1. The highest BCUT2D eigenvalue weighted by Crippen LogP contribution is 2.19. The van der Waals surface area contributed by atoms with Gasteiger partial charge in [-0.2, -0.15) is 0 Å². The average Bonchev–Trinajstić information content (AvgIpc) is 2.69. The van der Waals surface area contributed by atoms with Crippen LogP contribution in [0.1, 0.15) is 12.8 Å². The van der Waals surface area contributed by atoms with Crippen LogP contribution in [-0.4, -0.2) is 26.2 Å². The number of H-pyrrole nitrogens is 1. The molecule has 3 aromatic rings. The maximum atomic E-state index is 11.6. The number of nitrogens with one attached hydrogen (secondary N) is 1. The number of benzene rings is 2. The van der Waals surface area contributed by atoms with Crippen LogP contribution in [0, 0.1) is 0 Å². The number of aromatic nitrogens is 1. The smallest absolute Gasteiger partial charge is 0.494 e. The molecule has 1 heterocycles. The molecule has 1 N–H and O–H groups in total. The largest absolute Gasteiger partial charge is 0.521 e. The highest BCUT2D eigenvalue weighted by atomic mass is 35.5. The molecule has 10 heteroatoms. The molecule has 2 aromatic carbocycles. The van der Waals surface area contributed by atoms with Crippen molar-refractivity contribution in [1.82, 2.24) is 4.98 Å². The van der Waals surface area contributed by atoms with Crippen LogP contribution < -0.4 is 14.5 Å². The molecule has 0 unspecified atom stereocenters. The van der Waals surface area contributed by atoms with E-state index in [1.165, 1.54) is 36.5 Å². The summed E-state index contributed by atoms with van der Waals surface area (Å²) in [7, 11) is -4.30. The Labute approximate surface area is 172 Å². The molecule has 29 heavy (non-hydrogen) atoms. The van der Waals surface area contributed by atoms with Gasteiger partial charge >= 0.3 is 10.4 Å². The first-order valence-electron chi connectivity index (χ1n) is 8.58. The van der Waals surface area contributed by atoms with E-state index in [1.807, 2.05) is 6.07 Å². The van der Waals surface area contributed by atoms with Gasteiger partial charge in [0, 0.05) is 28.2 Å². The Morgan fingerprint density at radius 2 is 1.79 bits per heavy atom. The van der Waals surface area contributed by atoms with Crippen LogP contribution in [0.5, 0.6) is 11.5 Å². The van der Waals surface area contributed by atoms with Crippen LogP contribution in [0.2, 0.25) is 5.02 Å². The van der Waals surface area contributed by atoms with Crippen molar-refractivity contribution >= 4 is 39.1 Å². The summed E-state index contributed by atoms with van der Waals surface area (Å²) in [5.41, 5.74) is 0.574. The standard InChI is InChI=1S/C19H17ClN2O6S/c20-15-4-6-16(7-5-15)27-29(24,25)28-21-11-1-2-12-26-17-8-9-18-14(13-17)3-10-19(23)22-18/h3-11,13H,1-2,12H2,(H,22,23). The molecule has 0 atom stereocenters. The van der Waals surface area contributed by atoms with Gasteiger partial charge in [0.25, 0.3) is 0 Å². The zero-order chi connectivity index (χ0) is 20.7. The van der Waals surface area contributed by atoms with Gasteiger partial charge in [0.2, 0.25) is 5.56 Å². The molecule has 0 amide bonds. The number of hydrogen-bond donors (Lipinski definition) is 1. The number of fused-ring (bicyclic) bond motifs is 1. The Morgan fingerprint density at radius 3 is 2.59 bits per heavy atom. The minimum Gasteiger partial charge on any atom is -0.494 e. The molecule has 8 nitrogen and oxygen atoms in total. The Bertz CT molecular complexity index is 1160. The third-order valence-corrected chi connectivity index (χ3v) is 4.58. The molecule has 0 saturated carbocycles. The van der Waals surface area contributed by atoms with E-state index in [1.54, 1.807) is 18.2 Å². The molecule has 3 rings (SSSR count). The number of oxime groups is 1. The maximum Gasteiger partial charge on any atom is 0.521 e. The molecule has 152 valence electrons. The lowest BCUT2D eigenvalue weighted by Crippen LogP contribution is -2.10. The molecule has 0 spiro atoms. The van der Waals surface area contributed by atoms with Gasteiger partial charge in [0.05, 0.1) is 6.61 Å². The average molecular weight is 437 g/mol. The summed E-state index contributed by atoms with van der Waals surface area (Å²) in [6.07, 6.45) is 2.35. The molecule has 0 fully saturated rings. The lowest BCUT2D eigenvalue weighted by molar-refractivity contribution is 0.287. The van der Waals surface area contributed by atoms with Gasteiger partial charge < -0.3 is 13.9 Å². The van der Waals surface area contributed by atoms with Crippen molar-refractivity contribution in [1.29, 1.82) is 0 Å². The Hall–Kier alpha value is -3.04. The van der Waals surface area contributed by atoms with Crippen molar-refractivity contribution in [3.8, 4) is 11.5 Å². The molecule has 0 aliphatic heterocycles. The number of hydrogen-bond acceptors (Lipinski definition) is 7. The van der Waals surface area contributed by atoms with Crippen molar-refractivity contribution in [3.05, 3.63) is 70.0 Å². The van der Waals surface area contributed by atoms with E-state index in [0.29, 0.717) is 30.2 Å². The predicted octanol–water partition coefficient (Wildman–Crippen LogP) is 3.67. The van der Waals surface area contributed by atoms with E-state index in [4.69, 9.17) is 20.5 Å². The SMILES string of the molecule is O=c1ccc2cc(OCCCC=NOS(=O)(=O)Oc3ccc(Cl)cc3)ccc2[nH]1. The summed E-state index contributed by atoms with van der Waals surface area (Å²) >= 11 is 5.71. The zero-order valence-corrected chi connectivity index (χ0v) is 16.7. The fourth-order valence-corrected chi connectivity index (χ4v) is 3.02. The minimum atomic E-state index is -4.30. The van der Waals surface area contributed by atoms with Crippen LogP contribution >= 0.6 is 11.6 Å². The van der Waals surface area contributed by atoms with Gasteiger partial charge in [-0.3, -0.25) is 4.79 Å². The summed E-state index contributed by atoms with van der Waals surface area (Å²) < 4.78 is 38.0. The molecule has 0 saturated heterocycles. The van der Waals surface area contributed by atoms with Crippen LogP contribution in [0.15, 0.2) is 64.5 Å². The number of unbranched alkanes of at least 4 members (excludes halogenated alkanes) is 1. The van der Waals surface area contributed by atoms with Gasteiger partial charge in [-0.1, -0.05) is 16.8 Å². The van der Waals surface area contributed by atoms with E-state index in [0.717, 1.165) is 10.9 Å². The first kappa shape index (κ1) is 20.7. The lowest BCUT2D eigenvalue weighted by Gasteiger charge is -2.06. The van der Waals surface area contributed by atoms with Gasteiger partial charge in [-0.05, 0) is 61.4 Å². The van der Waals surface area contributed by atoms with Crippen LogP contribution in [0.4, 0.5) is 0 Å². The number of ether oxygens (including phenoxy) is 1. The number of aromatic amines is 1. The number of nitrogens with zero attached hydrogens (tertiary/aromatic N) is 1. The van der Waals surface area contributed by atoms with Crippen molar-refractivity contribution in [3.63, 3.8) is 0 Å². The van der Waals surface area contributed by atoms with E-state index in [9.17, 15) is 13.2 Å². The van der Waals surface area contributed by atoms with Crippen molar-refractivity contribution < 1.29 is 21.6 Å². The zero-order valence-electron chi connectivity index (χ0n) is 15.1. The van der Waals surface area contributed by atoms with E-state index in [-0.39, 0.29) is 11.3 Å². The minimum absolute atomic E-state index is 0.0671. The molecular formula is C19H17ClN2O6S. The quantitative estimate of drug-likeness (QED) is 0.311. The summed E-state index contributed by atoms with van der Waals surface area (Å²) in [5, 5.41) is 4.71. The second-order valence-corrected chi connectivity index (χ2v) is 7.44. The van der Waals surface area contributed by atoms with Crippen LogP contribution in [0.25, 0.3) is 10.9 Å². The van der Waals surface area contributed by atoms with E-state index in [2.05, 4.69) is 14.4 Å². The summed E-state index contributed by atoms with van der Waals surface area (Å²) in [6.45, 7) is 0.398. The topological polar surface area (TPSA) is 107 Å². The van der Waals surface area contributed by atoms with Crippen LogP contribution in [0.3, 0.4) is 0 Å². The van der Waals surface area contributed by atoms with E-state index >= 15 is 0 Å². The normalized spacial score (nSPS) is 11.6. The highest BCUT2D eigenvalue weighted by molar-refractivity contribution is 7.82. The fraction of sp³-hybridized carbons (Fsp3) is 0.158. The number of halogens is 1. The second-order valence-electron chi connectivity index (χ2n) is 5.87. The highest BCUT2D eigenvalue weighted by Gasteiger charge is 2.13. The monoisotopic (exact) mass is 436 g/mol. The molecular weight excluding hydrogens is 420 g/mol. The van der Waals surface area contributed by atoms with E-state index < -0.39 is 10.4 Å². The maximum absolute atomic E-state index is 11.6. The van der Waals surface area contributed by atoms with Crippen molar-refractivity contribution in [2.75, 3.05) is 6.61 Å². The predicted molar refractivity (Wildman–Crippen MR) is 110 cm³/mol. The fourth-order valence-electron chi connectivity index (χ4n) is 2.35. The van der Waals surface area contributed by atoms with Crippen LogP contribution in [-0.2, 0) is 14.7 Å². The van der Waals surface area contributed by atoms with Gasteiger partial charge in [0.1, 0.15) is 11.5 Å². The second kappa shape index (κ2) is 9.44. The summed E-state index contributed by atoms with van der Waals surface area (Å²) in [5.74, 6) is 0.731. The van der Waals surface area contributed by atoms with Crippen molar-refractivity contribution in [2.45, 2.75) is 12.8 Å². The first-order valence-corrected chi connectivity index (χ1v) is 10.3. The van der Waals surface area contributed by atoms with Gasteiger partial charge in [-0.15, -0.1) is 8.42 Å². The molecule has 1 aromatic heterocycles. The summed E-state index contributed by atoms with van der Waals surface area (Å²) in [6, 6.07) is 14.3. The van der Waals surface area contributed by atoms with Crippen molar-refractivity contribution in [2.24, 2.45) is 5.16 Å². The van der Waals surface area contributed by atoms with Gasteiger partial charge in [-0.25, -0.2) is 4.28 Å². The van der Waals surface area contributed by atoms with Gasteiger partial charge in [0.15, 0.2) is 0 Å².